The smallest absolute Gasteiger partial charge is 0.156 e. The summed E-state index contributed by atoms with van der Waals surface area (Å²) in [6, 6.07) is 2.22. The number of nitrogens with zero attached hydrogens (tertiary/aromatic N) is 2. The lowest BCUT2D eigenvalue weighted by Crippen LogP contribution is -2.43. The van der Waals surface area contributed by atoms with Gasteiger partial charge in [-0.1, -0.05) is 12.2 Å². The van der Waals surface area contributed by atoms with Crippen molar-refractivity contribution in [1.82, 2.24) is 4.90 Å². The molecule has 2 rings (SSSR count). The van der Waals surface area contributed by atoms with E-state index in [0.29, 0.717) is 6.61 Å². The third-order valence-corrected chi connectivity index (χ3v) is 3.70. The van der Waals surface area contributed by atoms with Gasteiger partial charge in [-0.3, -0.25) is 4.90 Å². The van der Waals surface area contributed by atoms with Gasteiger partial charge in [0.05, 0.1) is 12.7 Å². The highest BCUT2D eigenvalue weighted by atomic mass is 16.5. The number of nitriles is 1. The molecule has 1 aliphatic heterocycles. The highest BCUT2D eigenvalue weighted by molar-refractivity contribution is 4.90. The van der Waals surface area contributed by atoms with Crippen LogP contribution in [-0.2, 0) is 4.74 Å². The topological polar surface area (TPSA) is 36.3 Å². The lowest BCUT2D eigenvalue weighted by Gasteiger charge is -2.32. The summed E-state index contributed by atoms with van der Waals surface area (Å²) in [4.78, 5) is 2.41. The van der Waals surface area contributed by atoms with Crippen LogP contribution in [0, 0.1) is 17.2 Å². The van der Waals surface area contributed by atoms with Crippen molar-refractivity contribution >= 4 is 0 Å². The molecule has 0 N–H and O–H groups in total. The summed E-state index contributed by atoms with van der Waals surface area (Å²) in [6.07, 6.45) is 10.8. The molecule has 2 unspecified atom stereocenters. The van der Waals surface area contributed by atoms with Crippen LogP contribution in [-0.4, -0.2) is 37.2 Å². The van der Waals surface area contributed by atoms with Crippen molar-refractivity contribution in [2.24, 2.45) is 5.92 Å². The van der Waals surface area contributed by atoms with Crippen molar-refractivity contribution in [3.63, 3.8) is 0 Å². The van der Waals surface area contributed by atoms with Crippen molar-refractivity contribution in [3.8, 4) is 6.07 Å². The van der Waals surface area contributed by atoms with Crippen LogP contribution < -0.4 is 0 Å². The first-order valence-corrected chi connectivity index (χ1v) is 6.77. The predicted octanol–water partition coefficient (Wildman–Crippen LogP) is 2.35. The van der Waals surface area contributed by atoms with Crippen LogP contribution in [0.4, 0.5) is 0 Å². The molecule has 1 saturated heterocycles. The van der Waals surface area contributed by atoms with Gasteiger partial charge in [0.25, 0.3) is 0 Å². The molecular weight excluding hydrogens is 212 g/mol. The Morgan fingerprint density at radius 2 is 2.18 bits per heavy atom. The normalized spacial score (nSPS) is 33.4. The van der Waals surface area contributed by atoms with Gasteiger partial charge in [-0.2, -0.15) is 5.26 Å². The Kier molecular flexibility index (Phi) is 5.03. The molecule has 94 valence electrons. The molecule has 0 saturated carbocycles. The molecule has 1 fully saturated rings. The Bertz CT molecular complexity index is 295. The Morgan fingerprint density at radius 3 is 3.06 bits per heavy atom. The van der Waals surface area contributed by atoms with Gasteiger partial charge in [-0.05, 0) is 38.0 Å². The average molecular weight is 234 g/mol. The van der Waals surface area contributed by atoms with Crippen molar-refractivity contribution < 1.29 is 4.74 Å². The third-order valence-electron chi connectivity index (χ3n) is 3.70. The highest BCUT2D eigenvalue weighted by Crippen LogP contribution is 2.20. The monoisotopic (exact) mass is 234 g/mol. The second-order valence-electron chi connectivity index (χ2n) is 5.09. The number of allylic oxidation sites excluding steroid dienone is 2. The van der Waals surface area contributed by atoms with Crippen molar-refractivity contribution in [1.29, 1.82) is 5.26 Å². The zero-order valence-electron chi connectivity index (χ0n) is 10.5. The van der Waals surface area contributed by atoms with E-state index in [1.54, 1.807) is 0 Å². The van der Waals surface area contributed by atoms with Crippen LogP contribution in [0.1, 0.15) is 32.1 Å². The fraction of sp³-hybridized carbons (Fsp3) is 0.786. The second kappa shape index (κ2) is 6.78. The SMILES string of the molecule is N#CC1CN(CC2CC/C=C\CCC2)CCO1. The van der Waals surface area contributed by atoms with E-state index in [2.05, 4.69) is 23.1 Å². The standard InChI is InChI=1S/C14H22N2O/c15-10-14-12-16(8-9-17-14)11-13-6-4-2-1-3-5-7-13/h1-2,13-14H,3-9,11-12H2/b2-1-. The van der Waals surface area contributed by atoms with E-state index in [1.165, 1.54) is 32.1 Å². The van der Waals surface area contributed by atoms with Crippen LogP contribution >= 0.6 is 0 Å². The Hall–Kier alpha value is -0.850. The number of ether oxygens (including phenoxy) is 1. The first-order chi connectivity index (χ1) is 8.38. The molecule has 3 heteroatoms. The maximum Gasteiger partial charge on any atom is 0.156 e. The Morgan fingerprint density at radius 1 is 1.29 bits per heavy atom. The summed E-state index contributed by atoms with van der Waals surface area (Å²) in [5.41, 5.74) is 0. The number of hydrogen-bond donors (Lipinski definition) is 0. The summed E-state index contributed by atoms with van der Waals surface area (Å²) in [7, 11) is 0. The lowest BCUT2D eigenvalue weighted by molar-refractivity contribution is -0.00598. The molecule has 1 aliphatic carbocycles. The molecule has 0 radical (unpaired) electrons. The molecular formula is C14H22N2O. The molecule has 0 aromatic heterocycles. The van der Waals surface area contributed by atoms with E-state index in [1.807, 2.05) is 0 Å². The maximum atomic E-state index is 8.89. The third kappa shape index (κ3) is 4.14. The minimum Gasteiger partial charge on any atom is -0.361 e. The van der Waals surface area contributed by atoms with Gasteiger partial charge in [0.15, 0.2) is 6.10 Å². The summed E-state index contributed by atoms with van der Waals surface area (Å²) in [6.45, 7) is 3.65. The molecule has 2 atom stereocenters. The van der Waals surface area contributed by atoms with Crippen LogP contribution in [0.5, 0.6) is 0 Å². The van der Waals surface area contributed by atoms with Gasteiger partial charge in [-0.15, -0.1) is 0 Å². The molecule has 0 aromatic rings. The van der Waals surface area contributed by atoms with E-state index in [-0.39, 0.29) is 6.10 Å². The fourth-order valence-electron chi connectivity index (χ4n) is 2.73. The molecule has 0 amide bonds. The van der Waals surface area contributed by atoms with Crippen molar-refractivity contribution in [2.45, 2.75) is 38.2 Å². The molecule has 1 heterocycles. The summed E-state index contributed by atoms with van der Waals surface area (Å²) in [5.74, 6) is 0.803. The van der Waals surface area contributed by atoms with Gasteiger partial charge < -0.3 is 4.74 Å². The van der Waals surface area contributed by atoms with Crippen molar-refractivity contribution in [3.05, 3.63) is 12.2 Å². The zero-order valence-corrected chi connectivity index (χ0v) is 10.5. The summed E-state index contributed by atoms with van der Waals surface area (Å²) in [5, 5.41) is 8.89. The average Bonchev–Trinajstić information content (AvgIpc) is 2.33. The highest BCUT2D eigenvalue weighted by Gasteiger charge is 2.22. The first-order valence-electron chi connectivity index (χ1n) is 6.77. The number of hydrogen-bond acceptors (Lipinski definition) is 3. The van der Waals surface area contributed by atoms with Gasteiger partial charge in [0.2, 0.25) is 0 Å². The summed E-state index contributed by atoms with van der Waals surface area (Å²) < 4.78 is 5.38. The van der Waals surface area contributed by atoms with E-state index in [4.69, 9.17) is 10.00 Å². The van der Waals surface area contributed by atoms with E-state index < -0.39 is 0 Å². The minimum absolute atomic E-state index is 0.211. The van der Waals surface area contributed by atoms with Crippen LogP contribution in [0.25, 0.3) is 0 Å². The maximum absolute atomic E-state index is 8.89. The molecule has 2 aliphatic rings. The fourth-order valence-corrected chi connectivity index (χ4v) is 2.73. The predicted molar refractivity (Wildman–Crippen MR) is 67.5 cm³/mol. The molecule has 0 bridgehead atoms. The Labute approximate surface area is 104 Å². The van der Waals surface area contributed by atoms with Crippen LogP contribution in [0.15, 0.2) is 12.2 Å². The second-order valence-corrected chi connectivity index (χ2v) is 5.09. The lowest BCUT2D eigenvalue weighted by atomic mass is 9.93. The van der Waals surface area contributed by atoms with Crippen molar-refractivity contribution in [2.75, 3.05) is 26.2 Å². The molecule has 17 heavy (non-hydrogen) atoms. The minimum atomic E-state index is -0.211. The van der Waals surface area contributed by atoms with Gasteiger partial charge in [0.1, 0.15) is 0 Å². The van der Waals surface area contributed by atoms with E-state index in [9.17, 15) is 0 Å². The Balaban J connectivity index is 1.79. The summed E-state index contributed by atoms with van der Waals surface area (Å²) >= 11 is 0. The number of morpholine rings is 1. The van der Waals surface area contributed by atoms with Gasteiger partial charge >= 0.3 is 0 Å². The zero-order chi connectivity index (χ0) is 11.9. The number of rotatable bonds is 2. The molecule has 3 nitrogen and oxygen atoms in total. The quantitative estimate of drug-likeness (QED) is 0.688. The molecule has 0 spiro atoms. The van der Waals surface area contributed by atoms with Crippen LogP contribution in [0.2, 0.25) is 0 Å². The molecule has 0 aromatic carbocycles. The van der Waals surface area contributed by atoms with Gasteiger partial charge in [0, 0.05) is 19.6 Å². The van der Waals surface area contributed by atoms with E-state index >= 15 is 0 Å². The largest absolute Gasteiger partial charge is 0.361 e. The first kappa shape index (κ1) is 12.6. The van der Waals surface area contributed by atoms with E-state index in [0.717, 1.165) is 25.6 Å². The van der Waals surface area contributed by atoms with Gasteiger partial charge in [-0.25, -0.2) is 0 Å². The van der Waals surface area contributed by atoms with Crippen LogP contribution in [0.3, 0.4) is 0 Å².